The molecule has 0 unspecified atom stereocenters. The third kappa shape index (κ3) is 5.04. The molecule has 0 bridgehead atoms. The molecule has 0 aliphatic carbocycles. The van der Waals surface area contributed by atoms with Crippen LogP contribution in [0, 0.1) is 5.41 Å². The minimum absolute atomic E-state index is 0.0289. The van der Waals surface area contributed by atoms with Crippen LogP contribution in [0.15, 0.2) is 4.34 Å². The van der Waals surface area contributed by atoms with Crippen molar-refractivity contribution in [2.24, 2.45) is 5.41 Å². The van der Waals surface area contributed by atoms with Gasteiger partial charge in [0.15, 0.2) is 4.34 Å². The van der Waals surface area contributed by atoms with Crippen LogP contribution in [-0.4, -0.2) is 21.9 Å². The van der Waals surface area contributed by atoms with Crippen molar-refractivity contribution in [3.63, 3.8) is 0 Å². The molecule has 1 aromatic rings. The zero-order valence-corrected chi connectivity index (χ0v) is 12.4. The van der Waals surface area contributed by atoms with Gasteiger partial charge in [0, 0.05) is 11.2 Å². The molecule has 0 saturated carbocycles. The first-order chi connectivity index (χ1) is 7.93. The zero-order valence-electron chi connectivity index (χ0n) is 10.7. The fourth-order valence-electron chi connectivity index (χ4n) is 0.907. The molecule has 0 spiro atoms. The average molecular weight is 273 g/mol. The summed E-state index contributed by atoms with van der Waals surface area (Å²) in [4.78, 5) is 11.7. The lowest BCUT2D eigenvalue weighted by atomic mass is 9.96. The van der Waals surface area contributed by atoms with Gasteiger partial charge in [-0.3, -0.25) is 4.79 Å². The topological polar surface area (TPSA) is 54.9 Å². The lowest BCUT2D eigenvalue weighted by Crippen LogP contribution is -2.27. The number of nitrogens with zero attached hydrogens (tertiary/aromatic N) is 2. The summed E-state index contributed by atoms with van der Waals surface area (Å²) in [6, 6.07) is 0. The number of thioether (sulfide) groups is 1. The Balaban J connectivity index is 2.48. The Hall–Kier alpha value is -0.620. The predicted octanol–water partition coefficient (Wildman–Crippen LogP) is 3.41. The third-order valence-electron chi connectivity index (χ3n) is 2.03. The van der Waals surface area contributed by atoms with Crippen LogP contribution in [0.4, 0.5) is 5.13 Å². The monoisotopic (exact) mass is 273 g/mol. The highest BCUT2D eigenvalue weighted by atomic mass is 32.2. The first-order valence-electron chi connectivity index (χ1n) is 5.71. The van der Waals surface area contributed by atoms with E-state index in [9.17, 15) is 4.79 Å². The first-order valence-corrected chi connectivity index (χ1v) is 7.51. The van der Waals surface area contributed by atoms with Crippen molar-refractivity contribution in [1.82, 2.24) is 10.2 Å². The van der Waals surface area contributed by atoms with Crippen molar-refractivity contribution in [3.05, 3.63) is 0 Å². The van der Waals surface area contributed by atoms with E-state index in [1.807, 2.05) is 20.8 Å². The van der Waals surface area contributed by atoms with Crippen LogP contribution in [0.2, 0.25) is 0 Å². The Morgan fingerprint density at radius 1 is 1.41 bits per heavy atom. The maximum atomic E-state index is 11.7. The van der Waals surface area contributed by atoms with Crippen molar-refractivity contribution in [3.8, 4) is 0 Å². The van der Waals surface area contributed by atoms with Gasteiger partial charge in [-0.2, -0.15) is 0 Å². The molecule has 17 heavy (non-hydrogen) atoms. The number of nitrogens with one attached hydrogen (secondary N) is 1. The zero-order chi connectivity index (χ0) is 12.9. The van der Waals surface area contributed by atoms with Gasteiger partial charge in [-0.05, 0) is 6.42 Å². The largest absolute Gasteiger partial charge is 0.300 e. The van der Waals surface area contributed by atoms with Crippen LogP contribution >= 0.6 is 23.1 Å². The molecule has 1 rings (SSSR count). The predicted molar refractivity (Wildman–Crippen MR) is 73.6 cm³/mol. The maximum absolute atomic E-state index is 11.7. The molecule has 0 aliphatic rings. The highest BCUT2D eigenvalue weighted by Crippen LogP contribution is 2.27. The highest BCUT2D eigenvalue weighted by Gasteiger charge is 2.22. The minimum atomic E-state index is -0.402. The number of hydrogen-bond donors (Lipinski definition) is 1. The molecule has 1 N–H and O–H groups in total. The number of hydrogen-bond acceptors (Lipinski definition) is 5. The van der Waals surface area contributed by atoms with Gasteiger partial charge in [-0.15, -0.1) is 10.2 Å². The van der Waals surface area contributed by atoms with E-state index in [-0.39, 0.29) is 5.91 Å². The molecule has 0 atom stereocenters. The van der Waals surface area contributed by atoms with Gasteiger partial charge in [0.05, 0.1) is 0 Å². The molecule has 0 saturated heterocycles. The summed E-state index contributed by atoms with van der Waals surface area (Å²) >= 11 is 3.13. The van der Waals surface area contributed by atoms with E-state index in [0.717, 1.165) is 10.1 Å². The number of unbranched alkanes of at least 4 members (excludes halogenated alkanes) is 1. The van der Waals surface area contributed by atoms with Gasteiger partial charge in [-0.1, -0.05) is 57.2 Å². The average Bonchev–Trinajstić information content (AvgIpc) is 2.65. The number of carbonyl (C=O) groups excluding carboxylic acids is 1. The minimum Gasteiger partial charge on any atom is -0.300 e. The van der Waals surface area contributed by atoms with Crippen molar-refractivity contribution in [2.75, 3.05) is 11.1 Å². The van der Waals surface area contributed by atoms with Crippen molar-refractivity contribution >= 4 is 34.1 Å². The second-order valence-corrected chi connectivity index (χ2v) is 7.10. The van der Waals surface area contributed by atoms with Crippen LogP contribution in [0.1, 0.15) is 40.5 Å². The number of carbonyl (C=O) groups is 1. The molecule has 1 aromatic heterocycles. The quantitative estimate of drug-likeness (QED) is 0.507. The summed E-state index contributed by atoms with van der Waals surface area (Å²) in [6.07, 6.45) is 2.35. The molecule has 1 amide bonds. The van der Waals surface area contributed by atoms with E-state index in [2.05, 4.69) is 22.4 Å². The Morgan fingerprint density at radius 3 is 2.71 bits per heavy atom. The molecular weight excluding hydrogens is 254 g/mol. The van der Waals surface area contributed by atoms with E-state index in [1.54, 1.807) is 11.8 Å². The normalized spacial score (nSPS) is 11.5. The summed E-state index contributed by atoms with van der Waals surface area (Å²) in [5, 5.41) is 11.4. The van der Waals surface area contributed by atoms with Gasteiger partial charge in [0.2, 0.25) is 11.0 Å². The Morgan fingerprint density at radius 2 is 2.12 bits per heavy atom. The fraction of sp³-hybridized carbons (Fsp3) is 0.727. The Bertz CT molecular complexity index is 371. The van der Waals surface area contributed by atoms with E-state index in [1.165, 1.54) is 24.2 Å². The van der Waals surface area contributed by atoms with Crippen LogP contribution in [0.25, 0.3) is 0 Å². The van der Waals surface area contributed by atoms with Crippen molar-refractivity contribution in [1.29, 1.82) is 0 Å². The van der Waals surface area contributed by atoms with Gasteiger partial charge < -0.3 is 5.32 Å². The number of amides is 1. The van der Waals surface area contributed by atoms with Crippen molar-refractivity contribution in [2.45, 2.75) is 44.9 Å². The lowest BCUT2D eigenvalue weighted by Gasteiger charge is -2.15. The van der Waals surface area contributed by atoms with Gasteiger partial charge in [0.25, 0.3) is 0 Å². The molecule has 1 heterocycles. The van der Waals surface area contributed by atoms with Gasteiger partial charge in [0.1, 0.15) is 0 Å². The molecule has 0 fully saturated rings. The maximum Gasteiger partial charge on any atom is 0.231 e. The molecular formula is C11H19N3OS2. The lowest BCUT2D eigenvalue weighted by molar-refractivity contribution is -0.123. The highest BCUT2D eigenvalue weighted by molar-refractivity contribution is 8.01. The SMILES string of the molecule is CCCCSc1nnc(NC(=O)C(C)(C)C)s1. The van der Waals surface area contributed by atoms with Crippen LogP contribution in [0.3, 0.4) is 0 Å². The molecule has 0 aromatic carbocycles. The molecule has 0 radical (unpaired) electrons. The van der Waals surface area contributed by atoms with E-state index < -0.39 is 5.41 Å². The molecule has 6 heteroatoms. The van der Waals surface area contributed by atoms with Crippen molar-refractivity contribution < 1.29 is 4.79 Å². The van der Waals surface area contributed by atoms with Gasteiger partial charge >= 0.3 is 0 Å². The van der Waals surface area contributed by atoms with Crippen LogP contribution in [0.5, 0.6) is 0 Å². The fourth-order valence-corrected chi connectivity index (χ4v) is 2.81. The Kier molecular flexibility index (Phi) is 5.39. The Labute approximate surface area is 111 Å². The standard InChI is InChI=1S/C11H19N3OS2/c1-5-6-7-16-10-14-13-9(17-10)12-8(15)11(2,3)4/h5-7H2,1-4H3,(H,12,13,15). The summed E-state index contributed by atoms with van der Waals surface area (Å²) in [7, 11) is 0. The first kappa shape index (κ1) is 14.4. The summed E-state index contributed by atoms with van der Waals surface area (Å²) in [6.45, 7) is 7.79. The number of anilines is 1. The number of rotatable bonds is 5. The number of aromatic nitrogens is 2. The van der Waals surface area contributed by atoms with E-state index in [4.69, 9.17) is 0 Å². The third-order valence-corrected chi connectivity index (χ3v) is 4.09. The second-order valence-electron chi connectivity index (χ2n) is 4.78. The van der Waals surface area contributed by atoms with Crippen LogP contribution in [-0.2, 0) is 4.79 Å². The smallest absolute Gasteiger partial charge is 0.231 e. The van der Waals surface area contributed by atoms with Crippen LogP contribution < -0.4 is 5.32 Å². The van der Waals surface area contributed by atoms with E-state index >= 15 is 0 Å². The summed E-state index contributed by atoms with van der Waals surface area (Å²) in [5.41, 5.74) is -0.402. The summed E-state index contributed by atoms with van der Waals surface area (Å²) in [5.74, 6) is 1.02. The van der Waals surface area contributed by atoms with E-state index in [0.29, 0.717) is 5.13 Å². The molecule has 0 aliphatic heterocycles. The molecule has 4 nitrogen and oxygen atoms in total. The second kappa shape index (κ2) is 6.35. The summed E-state index contributed by atoms with van der Waals surface area (Å²) < 4.78 is 0.919. The molecule has 96 valence electrons. The van der Waals surface area contributed by atoms with Gasteiger partial charge in [-0.25, -0.2) is 0 Å².